The first-order chi connectivity index (χ1) is 12.3. The number of carbonyl (C=O) groups excluding carboxylic acids is 2. The summed E-state index contributed by atoms with van der Waals surface area (Å²) in [5.41, 5.74) is 0.948. The van der Waals surface area contributed by atoms with Crippen molar-refractivity contribution in [3.05, 3.63) is 52.5 Å². The highest BCUT2D eigenvalue weighted by Crippen LogP contribution is 2.26. The van der Waals surface area contributed by atoms with Crippen molar-refractivity contribution in [1.29, 1.82) is 0 Å². The van der Waals surface area contributed by atoms with Crippen LogP contribution in [0.2, 0.25) is 0 Å². The number of hydrogen-bond donors (Lipinski definition) is 2. The van der Waals surface area contributed by atoms with E-state index in [4.69, 9.17) is 4.74 Å². The van der Waals surface area contributed by atoms with Crippen LogP contribution in [0.25, 0.3) is 0 Å². The van der Waals surface area contributed by atoms with Gasteiger partial charge in [0.15, 0.2) is 11.6 Å². The Morgan fingerprint density at radius 1 is 1.08 bits per heavy atom. The van der Waals surface area contributed by atoms with Crippen molar-refractivity contribution in [3.63, 3.8) is 0 Å². The largest absolute Gasteiger partial charge is 0.491 e. The summed E-state index contributed by atoms with van der Waals surface area (Å²) in [5, 5.41) is 5.35. The van der Waals surface area contributed by atoms with Gasteiger partial charge < -0.3 is 15.4 Å². The molecule has 2 rings (SSSR count). The van der Waals surface area contributed by atoms with Gasteiger partial charge in [-0.25, -0.2) is 8.78 Å². The zero-order valence-electron chi connectivity index (χ0n) is 13.9. The van der Waals surface area contributed by atoms with Gasteiger partial charge >= 0.3 is 0 Å². The molecule has 0 spiro atoms. The second-order valence-corrected chi connectivity index (χ2v) is 6.36. The number of nitrogens with one attached hydrogen (secondary N) is 2. The lowest BCUT2D eigenvalue weighted by atomic mass is 10.2. The fourth-order valence-electron chi connectivity index (χ4n) is 2.14. The van der Waals surface area contributed by atoms with Crippen molar-refractivity contribution in [1.82, 2.24) is 0 Å². The molecule has 2 aromatic carbocycles. The molecule has 8 heteroatoms. The molecule has 2 N–H and O–H groups in total. The van der Waals surface area contributed by atoms with Gasteiger partial charge in [0.25, 0.3) is 0 Å². The lowest BCUT2D eigenvalue weighted by Gasteiger charge is -2.12. The lowest BCUT2D eigenvalue weighted by molar-refractivity contribution is -0.116. The Balaban J connectivity index is 1.85. The van der Waals surface area contributed by atoms with Crippen LogP contribution in [0.3, 0.4) is 0 Å². The summed E-state index contributed by atoms with van der Waals surface area (Å²) in [7, 11) is 0. The summed E-state index contributed by atoms with van der Waals surface area (Å²) in [4.78, 5) is 23.3. The summed E-state index contributed by atoms with van der Waals surface area (Å²) in [6, 6.07) is 8.12. The molecular formula is C18H17BrF2N2O3. The van der Waals surface area contributed by atoms with Gasteiger partial charge in [0.05, 0.1) is 18.0 Å². The molecular weight excluding hydrogens is 410 g/mol. The van der Waals surface area contributed by atoms with Gasteiger partial charge in [-0.3, -0.25) is 9.59 Å². The van der Waals surface area contributed by atoms with Gasteiger partial charge in [-0.2, -0.15) is 0 Å². The average Bonchev–Trinajstić information content (AvgIpc) is 2.55. The first kappa shape index (κ1) is 19.8. The third-order valence-electron chi connectivity index (χ3n) is 3.27. The topological polar surface area (TPSA) is 67.4 Å². The van der Waals surface area contributed by atoms with Crippen LogP contribution in [-0.2, 0) is 9.59 Å². The van der Waals surface area contributed by atoms with Crippen LogP contribution in [-0.4, -0.2) is 18.4 Å². The number of carbonyl (C=O) groups is 2. The summed E-state index contributed by atoms with van der Waals surface area (Å²) < 4.78 is 32.2. The van der Waals surface area contributed by atoms with Crippen LogP contribution < -0.4 is 15.4 Å². The molecule has 0 atom stereocenters. The molecule has 0 saturated heterocycles. The molecule has 0 heterocycles. The van der Waals surface area contributed by atoms with Gasteiger partial charge in [-0.15, -0.1) is 0 Å². The number of anilines is 2. The van der Waals surface area contributed by atoms with Crippen molar-refractivity contribution < 1.29 is 23.1 Å². The van der Waals surface area contributed by atoms with E-state index in [2.05, 4.69) is 26.6 Å². The minimum atomic E-state index is -0.788. The maximum atomic E-state index is 13.4. The Hall–Kier alpha value is -2.48. The van der Waals surface area contributed by atoms with Gasteiger partial charge in [-0.05, 0) is 36.8 Å². The standard InChI is InChI=1S/C18H17BrF2N2O3/c1-11(24)22-15-6-4-12(19)9-16(15)23-18(25)3-2-8-26-17-7-5-13(20)10-14(17)21/h4-7,9-10H,2-3,8H2,1H3,(H,22,24)(H,23,25). The van der Waals surface area contributed by atoms with E-state index in [1.807, 2.05) is 0 Å². The highest BCUT2D eigenvalue weighted by Gasteiger charge is 2.10. The van der Waals surface area contributed by atoms with E-state index in [0.29, 0.717) is 17.8 Å². The van der Waals surface area contributed by atoms with Crippen molar-refractivity contribution in [2.75, 3.05) is 17.2 Å². The number of ether oxygens (including phenoxy) is 1. The fourth-order valence-corrected chi connectivity index (χ4v) is 2.50. The first-order valence-corrected chi connectivity index (χ1v) is 8.59. The molecule has 0 bridgehead atoms. The van der Waals surface area contributed by atoms with E-state index >= 15 is 0 Å². The van der Waals surface area contributed by atoms with E-state index in [0.717, 1.165) is 16.6 Å². The molecule has 0 aliphatic heterocycles. The SMILES string of the molecule is CC(=O)Nc1ccc(Br)cc1NC(=O)CCCOc1ccc(F)cc1F. The first-order valence-electron chi connectivity index (χ1n) is 7.80. The second kappa shape index (κ2) is 9.28. The Morgan fingerprint density at radius 2 is 1.85 bits per heavy atom. The number of hydrogen-bond acceptors (Lipinski definition) is 3. The van der Waals surface area contributed by atoms with Gasteiger partial charge in [0.2, 0.25) is 11.8 Å². The quantitative estimate of drug-likeness (QED) is 0.641. The molecule has 0 unspecified atom stereocenters. The summed E-state index contributed by atoms with van der Waals surface area (Å²) >= 11 is 3.31. The summed E-state index contributed by atoms with van der Waals surface area (Å²) in [6.45, 7) is 1.48. The number of benzene rings is 2. The third-order valence-corrected chi connectivity index (χ3v) is 3.76. The Morgan fingerprint density at radius 3 is 2.54 bits per heavy atom. The van der Waals surface area contributed by atoms with E-state index in [-0.39, 0.29) is 30.6 Å². The van der Waals surface area contributed by atoms with Gasteiger partial charge in [0, 0.05) is 23.9 Å². The fraction of sp³-hybridized carbons (Fsp3) is 0.222. The van der Waals surface area contributed by atoms with Crippen molar-refractivity contribution >= 4 is 39.1 Å². The number of halogens is 3. The van der Waals surface area contributed by atoms with Crippen LogP contribution >= 0.6 is 15.9 Å². The molecule has 0 fully saturated rings. The highest BCUT2D eigenvalue weighted by atomic mass is 79.9. The van der Waals surface area contributed by atoms with E-state index in [9.17, 15) is 18.4 Å². The summed E-state index contributed by atoms with van der Waals surface area (Å²) in [6.07, 6.45) is 0.473. The van der Waals surface area contributed by atoms with E-state index < -0.39 is 11.6 Å². The van der Waals surface area contributed by atoms with Crippen molar-refractivity contribution in [3.8, 4) is 5.75 Å². The molecule has 26 heavy (non-hydrogen) atoms. The zero-order valence-corrected chi connectivity index (χ0v) is 15.5. The van der Waals surface area contributed by atoms with Crippen molar-refractivity contribution in [2.24, 2.45) is 0 Å². The van der Waals surface area contributed by atoms with Crippen LogP contribution in [0.5, 0.6) is 5.75 Å². The predicted octanol–water partition coefficient (Wildman–Crippen LogP) is 4.48. The molecule has 0 radical (unpaired) electrons. The van der Waals surface area contributed by atoms with E-state index in [1.54, 1.807) is 18.2 Å². The van der Waals surface area contributed by atoms with E-state index in [1.165, 1.54) is 13.0 Å². The number of amides is 2. The predicted molar refractivity (Wildman–Crippen MR) is 98.2 cm³/mol. The Labute approximate surface area is 157 Å². The summed E-state index contributed by atoms with van der Waals surface area (Å²) in [5.74, 6) is -2.07. The van der Waals surface area contributed by atoms with Gasteiger partial charge in [-0.1, -0.05) is 15.9 Å². The molecule has 5 nitrogen and oxygen atoms in total. The van der Waals surface area contributed by atoms with Crippen LogP contribution in [0.1, 0.15) is 19.8 Å². The minimum Gasteiger partial charge on any atom is -0.491 e. The zero-order chi connectivity index (χ0) is 19.1. The second-order valence-electron chi connectivity index (χ2n) is 5.45. The molecule has 0 aliphatic rings. The molecule has 0 aromatic heterocycles. The Kier molecular flexibility index (Phi) is 7.08. The lowest BCUT2D eigenvalue weighted by Crippen LogP contribution is -2.15. The smallest absolute Gasteiger partial charge is 0.224 e. The third kappa shape index (κ3) is 6.11. The Bertz CT molecular complexity index is 815. The molecule has 2 aromatic rings. The number of rotatable bonds is 7. The van der Waals surface area contributed by atoms with Crippen LogP contribution in [0.4, 0.5) is 20.2 Å². The highest BCUT2D eigenvalue weighted by molar-refractivity contribution is 9.10. The van der Waals surface area contributed by atoms with Crippen LogP contribution in [0.15, 0.2) is 40.9 Å². The van der Waals surface area contributed by atoms with Gasteiger partial charge in [0.1, 0.15) is 5.82 Å². The minimum absolute atomic E-state index is 0.0632. The maximum absolute atomic E-state index is 13.4. The molecule has 0 aliphatic carbocycles. The van der Waals surface area contributed by atoms with Crippen molar-refractivity contribution in [2.45, 2.75) is 19.8 Å². The average molecular weight is 427 g/mol. The molecule has 138 valence electrons. The molecule has 0 saturated carbocycles. The maximum Gasteiger partial charge on any atom is 0.224 e. The monoisotopic (exact) mass is 426 g/mol. The van der Waals surface area contributed by atoms with Crippen LogP contribution in [0, 0.1) is 11.6 Å². The normalized spacial score (nSPS) is 10.3. The molecule has 2 amide bonds.